The summed E-state index contributed by atoms with van der Waals surface area (Å²) in [6.07, 6.45) is -0.229. The second kappa shape index (κ2) is 8.04. The van der Waals surface area contributed by atoms with Crippen LogP contribution >= 0.6 is 23.2 Å². The van der Waals surface area contributed by atoms with E-state index < -0.39 is 17.8 Å². The van der Waals surface area contributed by atoms with Gasteiger partial charge >= 0.3 is 5.97 Å². The van der Waals surface area contributed by atoms with Crippen LogP contribution in [0.2, 0.25) is 5.02 Å². The normalized spacial score (nSPS) is 14.1. The number of para-hydroxylation sites is 1. The highest BCUT2D eigenvalue weighted by atomic mass is 35.5. The van der Waals surface area contributed by atoms with Crippen molar-refractivity contribution in [2.45, 2.75) is 20.0 Å². The molecule has 1 aliphatic rings. The van der Waals surface area contributed by atoms with Gasteiger partial charge in [0.15, 0.2) is 0 Å². The quantitative estimate of drug-likeness (QED) is 0.577. The minimum atomic E-state index is -0.667. The summed E-state index contributed by atoms with van der Waals surface area (Å²) >= 11 is 12.2. The molecule has 2 aromatic rings. The average Bonchev–Trinajstić information content (AvgIpc) is 2.86. The standard InChI is InChI=1S/C20H16Cl2N2O4/c1-11(2)28-20(27)12-7-9-13(10-8-12)23-17-16(22)18(25)24(19(17)26)15-6-4-3-5-14(15)21/h3-11,23H,1-2H3. The smallest absolute Gasteiger partial charge is 0.338 e. The third-order valence-corrected chi connectivity index (χ3v) is 4.52. The van der Waals surface area contributed by atoms with Crippen molar-refractivity contribution in [2.75, 3.05) is 10.2 Å². The van der Waals surface area contributed by atoms with Gasteiger partial charge in [-0.25, -0.2) is 9.69 Å². The highest BCUT2D eigenvalue weighted by Crippen LogP contribution is 2.34. The fourth-order valence-corrected chi connectivity index (χ4v) is 3.01. The van der Waals surface area contributed by atoms with Crippen molar-refractivity contribution in [1.82, 2.24) is 0 Å². The molecular weight excluding hydrogens is 403 g/mol. The number of ether oxygens (including phenoxy) is 1. The molecule has 0 aliphatic carbocycles. The molecule has 144 valence electrons. The maximum atomic E-state index is 12.7. The molecule has 0 aromatic heterocycles. The summed E-state index contributed by atoms with van der Waals surface area (Å²) in [5, 5.41) is 2.85. The molecule has 0 radical (unpaired) electrons. The molecule has 1 heterocycles. The molecule has 28 heavy (non-hydrogen) atoms. The Morgan fingerprint density at radius 1 is 1.00 bits per heavy atom. The van der Waals surface area contributed by atoms with Crippen molar-refractivity contribution >= 4 is 52.4 Å². The lowest BCUT2D eigenvalue weighted by atomic mass is 10.2. The molecule has 0 spiro atoms. The Kier molecular flexibility index (Phi) is 5.72. The van der Waals surface area contributed by atoms with Gasteiger partial charge in [0, 0.05) is 5.69 Å². The number of amides is 2. The molecule has 2 amide bonds. The van der Waals surface area contributed by atoms with Gasteiger partial charge in [-0.05, 0) is 50.2 Å². The Morgan fingerprint density at radius 3 is 2.25 bits per heavy atom. The van der Waals surface area contributed by atoms with Gasteiger partial charge in [-0.15, -0.1) is 0 Å². The Balaban J connectivity index is 1.81. The van der Waals surface area contributed by atoms with Gasteiger partial charge in [-0.3, -0.25) is 9.59 Å². The zero-order valence-corrected chi connectivity index (χ0v) is 16.5. The van der Waals surface area contributed by atoms with Crippen molar-refractivity contribution < 1.29 is 19.1 Å². The van der Waals surface area contributed by atoms with E-state index in [1.165, 1.54) is 0 Å². The number of halogens is 2. The van der Waals surface area contributed by atoms with E-state index in [0.717, 1.165) is 4.90 Å². The minimum Gasteiger partial charge on any atom is -0.459 e. The largest absolute Gasteiger partial charge is 0.459 e. The molecular formula is C20H16Cl2N2O4. The number of hydrogen-bond acceptors (Lipinski definition) is 5. The summed E-state index contributed by atoms with van der Waals surface area (Å²) in [6.45, 7) is 3.52. The molecule has 6 nitrogen and oxygen atoms in total. The van der Waals surface area contributed by atoms with Gasteiger partial charge in [-0.1, -0.05) is 35.3 Å². The summed E-state index contributed by atoms with van der Waals surface area (Å²) in [5.74, 6) is -1.73. The Hall–Kier alpha value is -2.83. The number of imide groups is 1. The van der Waals surface area contributed by atoms with Crippen molar-refractivity contribution in [3.8, 4) is 0 Å². The summed E-state index contributed by atoms with van der Waals surface area (Å²) in [6, 6.07) is 12.8. The van der Waals surface area contributed by atoms with Crippen molar-refractivity contribution in [3.05, 3.63) is 69.8 Å². The Labute approximate surface area is 171 Å². The van der Waals surface area contributed by atoms with Crippen molar-refractivity contribution in [1.29, 1.82) is 0 Å². The lowest BCUT2D eigenvalue weighted by molar-refractivity contribution is -0.120. The number of carbonyl (C=O) groups is 3. The second-order valence-corrected chi connectivity index (χ2v) is 7.03. The fourth-order valence-electron chi connectivity index (χ4n) is 2.58. The van der Waals surface area contributed by atoms with Gasteiger partial charge < -0.3 is 10.1 Å². The molecule has 1 N–H and O–H groups in total. The van der Waals surface area contributed by atoms with Gasteiger partial charge in [0.1, 0.15) is 10.7 Å². The van der Waals surface area contributed by atoms with Crippen LogP contribution in [0.25, 0.3) is 0 Å². The number of anilines is 2. The van der Waals surface area contributed by atoms with Crippen LogP contribution in [0.1, 0.15) is 24.2 Å². The van der Waals surface area contributed by atoms with Crippen LogP contribution in [-0.2, 0) is 14.3 Å². The summed E-state index contributed by atoms with van der Waals surface area (Å²) in [7, 11) is 0. The monoisotopic (exact) mass is 418 g/mol. The maximum Gasteiger partial charge on any atom is 0.338 e. The number of carbonyl (C=O) groups excluding carboxylic acids is 3. The second-order valence-electron chi connectivity index (χ2n) is 6.24. The maximum absolute atomic E-state index is 12.7. The lowest BCUT2D eigenvalue weighted by Crippen LogP contribution is -2.32. The third-order valence-electron chi connectivity index (χ3n) is 3.85. The molecule has 0 unspecified atom stereocenters. The van der Waals surface area contributed by atoms with Gasteiger partial charge in [0.05, 0.1) is 22.4 Å². The van der Waals surface area contributed by atoms with Crippen LogP contribution in [0, 0.1) is 0 Å². The first kappa shape index (κ1) is 19.9. The number of benzene rings is 2. The lowest BCUT2D eigenvalue weighted by Gasteiger charge is -2.16. The molecule has 1 aliphatic heterocycles. The summed E-state index contributed by atoms with van der Waals surface area (Å²) in [4.78, 5) is 38.0. The van der Waals surface area contributed by atoms with Crippen LogP contribution in [0.4, 0.5) is 11.4 Å². The predicted molar refractivity (Wildman–Crippen MR) is 107 cm³/mol. The van der Waals surface area contributed by atoms with E-state index in [4.69, 9.17) is 27.9 Å². The SMILES string of the molecule is CC(C)OC(=O)c1ccc(NC2=C(Cl)C(=O)N(c3ccccc3Cl)C2=O)cc1. The van der Waals surface area contributed by atoms with E-state index in [1.807, 2.05) is 0 Å². The zero-order chi connectivity index (χ0) is 20.4. The third kappa shape index (κ3) is 3.88. The van der Waals surface area contributed by atoms with Crippen LogP contribution in [0.15, 0.2) is 59.3 Å². The summed E-state index contributed by atoms with van der Waals surface area (Å²) < 4.78 is 5.12. The molecule has 0 atom stereocenters. The average molecular weight is 419 g/mol. The van der Waals surface area contributed by atoms with Gasteiger partial charge in [-0.2, -0.15) is 0 Å². The van der Waals surface area contributed by atoms with E-state index in [0.29, 0.717) is 11.3 Å². The van der Waals surface area contributed by atoms with Crippen molar-refractivity contribution in [2.24, 2.45) is 0 Å². The van der Waals surface area contributed by atoms with Crippen LogP contribution < -0.4 is 10.2 Å². The molecule has 0 bridgehead atoms. The van der Waals surface area contributed by atoms with Crippen LogP contribution in [0.3, 0.4) is 0 Å². The van der Waals surface area contributed by atoms with Crippen LogP contribution in [-0.4, -0.2) is 23.9 Å². The number of hydrogen-bond donors (Lipinski definition) is 1. The molecule has 8 heteroatoms. The first-order valence-electron chi connectivity index (χ1n) is 8.40. The molecule has 0 saturated carbocycles. The predicted octanol–water partition coefficient (Wildman–Crippen LogP) is 4.34. The first-order valence-corrected chi connectivity index (χ1v) is 9.16. The van der Waals surface area contributed by atoms with E-state index in [9.17, 15) is 14.4 Å². The van der Waals surface area contributed by atoms with Gasteiger partial charge in [0.25, 0.3) is 11.8 Å². The topological polar surface area (TPSA) is 75.7 Å². The van der Waals surface area contributed by atoms with E-state index in [1.54, 1.807) is 62.4 Å². The molecule has 2 aromatic carbocycles. The van der Waals surface area contributed by atoms with Gasteiger partial charge in [0.2, 0.25) is 0 Å². The zero-order valence-electron chi connectivity index (χ0n) is 15.0. The number of nitrogens with zero attached hydrogens (tertiary/aromatic N) is 1. The molecule has 0 fully saturated rings. The number of nitrogens with one attached hydrogen (secondary N) is 1. The molecule has 0 saturated heterocycles. The highest BCUT2D eigenvalue weighted by molar-refractivity contribution is 6.53. The summed E-state index contributed by atoms with van der Waals surface area (Å²) in [5.41, 5.74) is 1.03. The number of rotatable bonds is 5. The first-order chi connectivity index (χ1) is 13.3. The Morgan fingerprint density at radius 2 is 1.64 bits per heavy atom. The highest BCUT2D eigenvalue weighted by Gasteiger charge is 2.39. The molecule has 3 rings (SSSR count). The number of esters is 1. The van der Waals surface area contributed by atoms with E-state index in [2.05, 4.69) is 5.32 Å². The van der Waals surface area contributed by atoms with Crippen LogP contribution in [0.5, 0.6) is 0 Å². The van der Waals surface area contributed by atoms with E-state index >= 15 is 0 Å². The van der Waals surface area contributed by atoms with Crippen molar-refractivity contribution in [3.63, 3.8) is 0 Å². The van der Waals surface area contributed by atoms with E-state index in [-0.39, 0.29) is 27.5 Å². The fraction of sp³-hybridized carbons (Fsp3) is 0.150. The Bertz CT molecular complexity index is 984. The minimum absolute atomic E-state index is 0.0657.